The number of anilines is 3. The highest BCUT2D eigenvalue weighted by Gasteiger charge is 2.26. The van der Waals surface area contributed by atoms with E-state index in [1.165, 1.54) is 12.8 Å². The van der Waals surface area contributed by atoms with Crippen molar-refractivity contribution in [2.75, 3.05) is 42.2 Å². The van der Waals surface area contributed by atoms with E-state index in [1.54, 1.807) is 0 Å². The van der Waals surface area contributed by atoms with Gasteiger partial charge in [-0.3, -0.25) is 10.1 Å². The van der Waals surface area contributed by atoms with E-state index in [9.17, 15) is 10.1 Å². The van der Waals surface area contributed by atoms with Crippen LogP contribution in [-0.2, 0) is 4.74 Å². The van der Waals surface area contributed by atoms with Crippen molar-refractivity contribution < 1.29 is 9.66 Å². The number of nitrogens with zero attached hydrogens (tertiary/aromatic N) is 4. The number of nitrogens with one attached hydrogen (secondary N) is 1. The van der Waals surface area contributed by atoms with Gasteiger partial charge in [0.15, 0.2) is 0 Å². The predicted octanol–water partition coefficient (Wildman–Crippen LogP) is 1.94. The van der Waals surface area contributed by atoms with Gasteiger partial charge in [0, 0.05) is 26.2 Å². The second-order valence-corrected chi connectivity index (χ2v) is 6.28. The van der Waals surface area contributed by atoms with Crippen LogP contribution in [-0.4, -0.2) is 47.2 Å². The molecule has 3 rings (SSSR count). The molecule has 1 unspecified atom stereocenters. The molecule has 24 heavy (non-hydrogen) atoms. The van der Waals surface area contributed by atoms with E-state index >= 15 is 0 Å². The molecule has 2 aliphatic heterocycles. The van der Waals surface area contributed by atoms with Crippen LogP contribution in [0.15, 0.2) is 0 Å². The first-order chi connectivity index (χ1) is 11.6. The van der Waals surface area contributed by atoms with Gasteiger partial charge in [0.2, 0.25) is 17.6 Å². The fourth-order valence-corrected chi connectivity index (χ4v) is 3.19. The van der Waals surface area contributed by atoms with E-state index < -0.39 is 4.92 Å². The predicted molar refractivity (Wildman–Crippen MR) is 91.2 cm³/mol. The summed E-state index contributed by atoms with van der Waals surface area (Å²) < 4.78 is 5.55. The fraction of sp³-hybridized carbons (Fsp3) is 0.733. The Bertz CT molecular complexity index is 583. The SMILES string of the molecule is Nc1nc(N2CCCCCC2)nc(NCC2CCCO2)c1[N+](=O)[O-]. The molecule has 1 aromatic rings. The van der Waals surface area contributed by atoms with Crippen LogP contribution in [0.1, 0.15) is 38.5 Å². The zero-order valence-electron chi connectivity index (χ0n) is 13.7. The Kier molecular flexibility index (Phi) is 5.29. The molecule has 0 spiro atoms. The molecule has 3 N–H and O–H groups in total. The molecule has 0 aliphatic carbocycles. The van der Waals surface area contributed by atoms with Crippen molar-refractivity contribution in [1.82, 2.24) is 9.97 Å². The molecule has 132 valence electrons. The third kappa shape index (κ3) is 3.84. The minimum absolute atomic E-state index is 0.0578. The second-order valence-electron chi connectivity index (χ2n) is 6.28. The Hall–Kier alpha value is -2.16. The van der Waals surface area contributed by atoms with Crippen molar-refractivity contribution in [2.24, 2.45) is 0 Å². The Morgan fingerprint density at radius 2 is 2.00 bits per heavy atom. The van der Waals surface area contributed by atoms with Crippen LogP contribution in [0.4, 0.5) is 23.3 Å². The maximum Gasteiger partial charge on any atom is 0.353 e. The zero-order chi connectivity index (χ0) is 16.9. The molecule has 3 heterocycles. The zero-order valence-corrected chi connectivity index (χ0v) is 13.7. The fourth-order valence-electron chi connectivity index (χ4n) is 3.19. The lowest BCUT2D eigenvalue weighted by Crippen LogP contribution is -2.27. The summed E-state index contributed by atoms with van der Waals surface area (Å²) >= 11 is 0. The summed E-state index contributed by atoms with van der Waals surface area (Å²) in [6.45, 7) is 2.92. The number of rotatable bonds is 5. The second kappa shape index (κ2) is 7.61. The van der Waals surface area contributed by atoms with Crippen LogP contribution < -0.4 is 16.0 Å². The Morgan fingerprint density at radius 3 is 2.62 bits per heavy atom. The third-order valence-corrected chi connectivity index (χ3v) is 4.49. The van der Waals surface area contributed by atoms with Crippen molar-refractivity contribution >= 4 is 23.3 Å². The molecule has 9 heteroatoms. The molecule has 0 aromatic carbocycles. The van der Waals surface area contributed by atoms with Crippen molar-refractivity contribution in [3.63, 3.8) is 0 Å². The molecular weight excluding hydrogens is 312 g/mol. The summed E-state index contributed by atoms with van der Waals surface area (Å²) in [5.74, 6) is 0.557. The van der Waals surface area contributed by atoms with Crippen LogP contribution in [0, 0.1) is 10.1 Å². The van der Waals surface area contributed by atoms with Crippen molar-refractivity contribution in [2.45, 2.75) is 44.6 Å². The van der Waals surface area contributed by atoms with Crippen molar-refractivity contribution in [1.29, 1.82) is 0 Å². The van der Waals surface area contributed by atoms with E-state index in [4.69, 9.17) is 10.5 Å². The molecule has 2 fully saturated rings. The molecule has 2 saturated heterocycles. The highest BCUT2D eigenvalue weighted by Crippen LogP contribution is 2.31. The summed E-state index contributed by atoms with van der Waals surface area (Å²) in [6.07, 6.45) is 6.52. The summed E-state index contributed by atoms with van der Waals surface area (Å²) in [4.78, 5) is 21.5. The quantitative estimate of drug-likeness (QED) is 0.618. The average Bonchev–Trinajstić information content (AvgIpc) is 2.92. The molecule has 9 nitrogen and oxygen atoms in total. The van der Waals surface area contributed by atoms with Gasteiger partial charge in [0.25, 0.3) is 0 Å². The molecule has 1 aromatic heterocycles. The molecule has 0 bridgehead atoms. The van der Waals surface area contributed by atoms with Crippen LogP contribution in [0.2, 0.25) is 0 Å². The van der Waals surface area contributed by atoms with Crippen molar-refractivity contribution in [3.05, 3.63) is 10.1 Å². The van der Waals surface area contributed by atoms with Gasteiger partial charge in [0.05, 0.1) is 11.0 Å². The van der Waals surface area contributed by atoms with Gasteiger partial charge in [-0.15, -0.1) is 0 Å². The first-order valence-electron chi connectivity index (χ1n) is 8.57. The lowest BCUT2D eigenvalue weighted by Gasteiger charge is -2.21. The minimum Gasteiger partial charge on any atom is -0.378 e. The van der Waals surface area contributed by atoms with Gasteiger partial charge in [-0.1, -0.05) is 12.8 Å². The first kappa shape index (κ1) is 16.7. The molecule has 0 amide bonds. The number of nitrogens with two attached hydrogens (primary N) is 1. The summed E-state index contributed by atoms with van der Waals surface area (Å²) in [5, 5.41) is 14.4. The average molecular weight is 336 g/mol. The van der Waals surface area contributed by atoms with Gasteiger partial charge >= 0.3 is 5.69 Å². The highest BCUT2D eigenvalue weighted by molar-refractivity contribution is 5.70. The van der Waals surface area contributed by atoms with Crippen LogP contribution in [0.3, 0.4) is 0 Å². The van der Waals surface area contributed by atoms with Crippen molar-refractivity contribution in [3.8, 4) is 0 Å². The van der Waals surface area contributed by atoms with Gasteiger partial charge < -0.3 is 20.7 Å². The van der Waals surface area contributed by atoms with E-state index in [-0.39, 0.29) is 23.4 Å². The van der Waals surface area contributed by atoms with Gasteiger partial charge in [-0.05, 0) is 25.7 Å². The third-order valence-electron chi connectivity index (χ3n) is 4.49. The molecule has 2 aliphatic rings. The minimum atomic E-state index is -0.528. The molecule has 0 saturated carbocycles. The van der Waals surface area contributed by atoms with Crippen LogP contribution in [0.5, 0.6) is 0 Å². The number of hydrogen-bond acceptors (Lipinski definition) is 8. The van der Waals surface area contributed by atoms with E-state index in [2.05, 4.69) is 20.2 Å². The smallest absolute Gasteiger partial charge is 0.353 e. The monoisotopic (exact) mass is 336 g/mol. The normalized spacial score (nSPS) is 21.5. The lowest BCUT2D eigenvalue weighted by molar-refractivity contribution is -0.383. The Morgan fingerprint density at radius 1 is 1.25 bits per heavy atom. The number of hydrogen-bond donors (Lipinski definition) is 2. The lowest BCUT2D eigenvalue weighted by atomic mass is 10.2. The van der Waals surface area contributed by atoms with Gasteiger partial charge in [-0.25, -0.2) is 0 Å². The summed E-state index contributed by atoms with van der Waals surface area (Å²) in [7, 11) is 0. The van der Waals surface area contributed by atoms with Gasteiger partial charge in [-0.2, -0.15) is 9.97 Å². The number of aromatic nitrogens is 2. The maximum atomic E-state index is 11.3. The van der Waals surface area contributed by atoms with E-state index in [1.807, 2.05) is 0 Å². The van der Waals surface area contributed by atoms with E-state index in [0.717, 1.165) is 45.4 Å². The maximum absolute atomic E-state index is 11.3. The topological polar surface area (TPSA) is 119 Å². The first-order valence-corrected chi connectivity index (χ1v) is 8.57. The molecular formula is C15H24N6O3. The highest BCUT2D eigenvalue weighted by atomic mass is 16.6. The van der Waals surface area contributed by atoms with Crippen LogP contribution in [0.25, 0.3) is 0 Å². The number of nitro groups is 1. The standard InChI is InChI=1S/C15H24N6O3/c16-13-12(21(22)23)14(17-10-11-6-5-9-24-11)19-15(18-13)20-7-3-1-2-4-8-20/h11H,1-10H2,(H3,16,17,18,19). The number of nitrogen functional groups attached to an aromatic ring is 1. The molecule has 0 radical (unpaired) electrons. The molecule has 1 atom stereocenters. The Labute approximate surface area is 140 Å². The summed E-state index contributed by atoms with van der Waals surface area (Å²) in [6, 6.07) is 0. The Balaban J connectivity index is 1.83. The largest absolute Gasteiger partial charge is 0.378 e. The van der Waals surface area contributed by atoms with Crippen LogP contribution >= 0.6 is 0 Å². The van der Waals surface area contributed by atoms with Gasteiger partial charge in [0.1, 0.15) is 0 Å². The summed E-state index contributed by atoms with van der Waals surface area (Å²) in [5.41, 5.74) is 5.60. The van der Waals surface area contributed by atoms with E-state index in [0.29, 0.717) is 12.5 Å². The number of ether oxygens (including phenoxy) is 1.